The van der Waals surface area contributed by atoms with Crippen molar-refractivity contribution in [1.29, 1.82) is 0 Å². The Labute approximate surface area is 199 Å². The predicted octanol–water partition coefficient (Wildman–Crippen LogP) is 2.54. The number of thioether (sulfide) groups is 2. The summed E-state index contributed by atoms with van der Waals surface area (Å²) in [6, 6.07) is 3.67. The third-order valence-electron chi connectivity index (χ3n) is 4.60. The minimum Gasteiger partial charge on any atom is -0.455 e. The van der Waals surface area contributed by atoms with Crippen molar-refractivity contribution < 1.29 is 28.7 Å². The number of β-lactam (4-membered cyclic amide) rings is 1. The van der Waals surface area contributed by atoms with Crippen LogP contribution in [-0.4, -0.2) is 63.1 Å². The summed E-state index contributed by atoms with van der Waals surface area (Å²) in [6.45, 7) is 6.42. The van der Waals surface area contributed by atoms with Gasteiger partial charge in [0, 0.05) is 23.1 Å². The van der Waals surface area contributed by atoms with Crippen molar-refractivity contribution in [3.05, 3.63) is 33.7 Å². The fourth-order valence-corrected chi connectivity index (χ4v) is 6.56. The van der Waals surface area contributed by atoms with Gasteiger partial charge in [0.25, 0.3) is 0 Å². The number of rotatable bonds is 7. The van der Waals surface area contributed by atoms with Crippen LogP contribution >= 0.6 is 34.9 Å². The quantitative estimate of drug-likeness (QED) is 0.348. The fraction of sp³-hybridized carbons (Fsp3) is 0.524. The Hall–Kier alpha value is -1.98. The molecule has 1 saturated heterocycles. The van der Waals surface area contributed by atoms with Crippen LogP contribution in [0.15, 0.2) is 28.8 Å². The van der Waals surface area contributed by atoms with E-state index in [-0.39, 0.29) is 34.6 Å². The summed E-state index contributed by atoms with van der Waals surface area (Å²) in [6.07, 6.45) is 0.772. The number of nitrogens with zero attached hydrogens (tertiary/aromatic N) is 1. The van der Waals surface area contributed by atoms with E-state index in [0.717, 1.165) is 4.88 Å². The van der Waals surface area contributed by atoms with Crippen LogP contribution in [-0.2, 0) is 35.1 Å². The van der Waals surface area contributed by atoms with Crippen LogP contribution in [0.3, 0.4) is 0 Å². The fourth-order valence-electron chi connectivity index (χ4n) is 3.33. The molecule has 11 heteroatoms. The molecule has 2 aliphatic rings. The highest BCUT2D eigenvalue weighted by Crippen LogP contribution is 2.45. The Bertz CT molecular complexity index is 938. The van der Waals surface area contributed by atoms with Crippen molar-refractivity contribution in [3.8, 4) is 0 Å². The van der Waals surface area contributed by atoms with E-state index in [9.17, 15) is 19.2 Å². The van der Waals surface area contributed by atoms with Crippen LogP contribution in [0, 0.1) is 0 Å². The molecule has 32 heavy (non-hydrogen) atoms. The van der Waals surface area contributed by atoms with E-state index in [1.54, 1.807) is 20.8 Å². The molecule has 1 unspecified atom stereocenters. The van der Waals surface area contributed by atoms with Gasteiger partial charge in [-0.2, -0.15) is 0 Å². The van der Waals surface area contributed by atoms with Crippen molar-refractivity contribution >= 4 is 58.6 Å². The molecule has 8 nitrogen and oxygen atoms in total. The van der Waals surface area contributed by atoms with E-state index in [4.69, 9.17) is 9.47 Å². The van der Waals surface area contributed by atoms with Crippen LogP contribution < -0.4 is 5.32 Å². The van der Waals surface area contributed by atoms with E-state index < -0.39 is 23.8 Å². The molecule has 174 valence electrons. The number of ether oxygens (including phenoxy) is 2. The lowest BCUT2D eigenvalue weighted by Gasteiger charge is -2.50. The van der Waals surface area contributed by atoms with Gasteiger partial charge in [-0.25, -0.2) is 4.79 Å². The molecule has 1 aromatic rings. The first-order chi connectivity index (χ1) is 15.0. The third kappa shape index (κ3) is 5.49. The smallest absolute Gasteiger partial charge is 0.355 e. The second-order valence-electron chi connectivity index (χ2n) is 8.25. The zero-order chi connectivity index (χ0) is 23.6. The second kappa shape index (κ2) is 9.88. The van der Waals surface area contributed by atoms with E-state index in [1.165, 1.54) is 46.7 Å². The maximum Gasteiger partial charge on any atom is 0.355 e. The van der Waals surface area contributed by atoms with Gasteiger partial charge < -0.3 is 14.8 Å². The van der Waals surface area contributed by atoms with Crippen molar-refractivity contribution in [2.24, 2.45) is 0 Å². The molecule has 0 aromatic carbocycles. The molecule has 2 aliphatic heterocycles. The Kier molecular flexibility index (Phi) is 7.61. The van der Waals surface area contributed by atoms with Crippen LogP contribution in [0.25, 0.3) is 0 Å². The number of hydrogen-bond donors (Lipinski definition) is 1. The molecule has 0 spiro atoms. The molecule has 1 N–H and O–H groups in total. The van der Waals surface area contributed by atoms with E-state index in [2.05, 4.69) is 5.32 Å². The van der Waals surface area contributed by atoms with Crippen molar-refractivity contribution in [2.75, 3.05) is 12.0 Å². The van der Waals surface area contributed by atoms with Gasteiger partial charge in [-0.05, 0) is 38.5 Å². The lowest BCUT2D eigenvalue weighted by atomic mass is 10.1. The summed E-state index contributed by atoms with van der Waals surface area (Å²) < 4.78 is 11.0. The average molecular weight is 499 g/mol. The Morgan fingerprint density at radius 2 is 2.06 bits per heavy atom. The maximum atomic E-state index is 13.1. The van der Waals surface area contributed by atoms with Gasteiger partial charge in [-0.1, -0.05) is 6.07 Å². The average Bonchev–Trinajstić information content (AvgIpc) is 3.17. The largest absolute Gasteiger partial charge is 0.455 e. The molecule has 0 saturated carbocycles. The van der Waals surface area contributed by atoms with Crippen LogP contribution in [0.2, 0.25) is 0 Å². The number of thiophene rings is 1. The van der Waals surface area contributed by atoms with Crippen molar-refractivity contribution in [3.63, 3.8) is 0 Å². The molecule has 3 heterocycles. The van der Waals surface area contributed by atoms with Crippen molar-refractivity contribution in [1.82, 2.24) is 10.2 Å². The Balaban J connectivity index is 1.96. The highest BCUT2D eigenvalue weighted by atomic mass is 32.2. The van der Waals surface area contributed by atoms with Crippen LogP contribution in [0.1, 0.15) is 32.6 Å². The summed E-state index contributed by atoms with van der Waals surface area (Å²) in [7, 11) is 0. The SMILES string of the molecule is CS[C@H]1C(=O)N2C(C(=O)OC(C)(C)C)=C(C(NC(=O)Cc3cccs3)OC(C)=O)CS[C@H]12. The number of carbonyl (C=O) groups excluding carboxylic acids is 4. The first-order valence-corrected chi connectivity index (χ1v) is 13.2. The number of nitrogens with one attached hydrogen (secondary N) is 1. The van der Waals surface area contributed by atoms with Crippen LogP contribution in [0.4, 0.5) is 0 Å². The maximum absolute atomic E-state index is 13.1. The number of amides is 2. The van der Waals surface area contributed by atoms with E-state index in [0.29, 0.717) is 11.3 Å². The van der Waals surface area contributed by atoms with Gasteiger partial charge in [-0.3, -0.25) is 19.3 Å². The van der Waals surface area contributed by atoms with Gasteiger partial charge >= 0.3 is 11.9 Å². The molecule has 0 radical (unpaired) electrons. The third-order valence-corrected chi connectivity index (χ3v) is 7.92. The monoisotopic (exact) mass is 498 g/mol. The normalized spacial score (nSPS) is 21.4. The molecule has 1 fully saturated rings. The number of carbonyl (C=O) groups is 4. The molecule has 0 bridgehead atoms. The molecule has 3 atom stereocenters. The highest BCUT2D eigenvalue weighted by Gasteiger charge is 2.54. The first-order valence-electron chi connectivity index (χ1n) is 9.94. The standard InChI is InChI=1S/C21H26N2O6S3/c1-11(24)28-17(22-14(25)9-12-7-6-8-31-12)13-10-32-19-16(30-5)18(26)23(19)15(13)20(27)29-21(2,3)4/h6-8,16-17,19H,9-10H2,1-5H3,(H,22,25)/t16-,17?,19+/m0/s1. The zero-order valence-corrected chi connectivity index (χ0v) is 20.9. The number of hydrogen-bond acceptors (Lipinski definition) is 9. The summed E-state index contributed by atoms with van der Waals surface area (Å²) >= 11 is 4.33. The summed E-state index contributed by atoms with van der Waals surface area (Å²) in [5, 5.41) is 4.09. The van der Waals surface area contributed by atoms with Gasteiger partial charge in [0.15, 0.2) is 0 Å². The molecule has 1 aromatic heterocycles. The van der Waals surface area contributed by atoms with Gasteiger partial charge in [-0.15, -0.1) is 34.9 Å². The Morgan fingerprint density at radius 1 is 1.34 bits per heavy atom. The zero-order valence-electron chi connectivity index (χ0n) is 18.5. The predicted molar refractivity (Wildman–Crippen MR) is 125 cm³/mol. The minimum absolute atomic E-state index is 0.0432. The molecule has 0 aliphatic carbocycles. The van der Waals surface area contributed by atoms with Crippen LogP contribution in [0.5, 0.6) is 0 Å². The lowest BCUT2D eigenvalue weighted by Crippen LogP contribution is -2.64. The number of fused-ring (bicyclic) bond motifs is 1. The lowest BCUT2D eigenvalue weighted by molar-refractivity contribution is -0.157. The first kappa shape index (κ1) is 24.7. The second-order valence-corrected chi connectivity index (χ2v) is 11.4. The molecular weight excluding hydrogens is 472 g/mol. The minimum atomic E-state index is -1.18. The number of esters is 2. The van der Waals surface area contributed by atoms with Gasteiger partial charge in [0.05, 0.1) is 6.42 Å². The Morgan fingerprint density at radius 3 is 2.62 bits per heavy atom. The molecular formula is C21H26N2O6S3. The van der Waals surface area contributed by atoms with Crippen molar-refractivity contribution in [2.45, 2.75) is 56.6 Å². The van der Waals surface area contributed by atoms with Gasteiger partial charge in [0.1, 0.15) is 21.9 Å². The molecule has 3 rings (SSSR count). The topological polar surface area (TPSA) is 102 Å². The highest BCUT2D eigenvalue weighted by molar-refractivity contribution is 8.04. The van der Waals surface area contributed by atoms with E-state index in [1.807, 2.05) is 23.8 Å². The van der Waals surface area contributed by atoms with Gasteiger partial charge in [0.2, 0.25) is 18.0 Å². The summed E-state index contributed by atoms with van der Waals surface area (Å²) in [4.78, 5) is 52.7. The van der Waals surface area contributed by atoms with E-state index >= 15 is 0 Å². The molecule has 2 amide bonds. The summed E-state index contributed by atoms with van der Waals surface area (Å²) in [5.74, 6) is -1.57. The summed E-state index contributed by atoms with van der Waals surface area (Å²) in [5.41, 5.74) is -0.411.